The minimum atomic E-state index is -0.334. The molecule has 5 rings (SSSR count). The van der Waals surface area contributed by atoms with Crippen LogP contribution >= 0.6 is 0 Å². The van der Waals surface area contributed by atoms with Crippen LogP contribution in [0.3, 0.4) is 0 Å². The summed E-state index contributed by atoms with van der Waals surface area (Å²) in [5.41, 5.74) is 1.61. The van der Waals surface area contributed by atoms with E-state index in [9.17, 15) is 14.0 Å². The number of aromatic nitrogens is 3. The van der Waals surface area contributed by atoms with Gasteiger partial charge in [-0.05, 0) is 67.3 Å². The van der Waals surface area contributed by atoms with Crippen molar-refractivity contribution in [2.75, 3.05) is 37.7 Å². The molecule has 9 heteroatoms. The molecule has 0 spiro atoms. The topological polar surface area (TPSA) is 91.4 Å². The third-order valence-corrected chi connectivity index (χ3v) is 7.00. The number of amides is 1. The molecule has 2 fully saturated rings. The number of halogens is 1. The van der Waals surface area contributed by atoms with E-state index in [0.717, 1.165) is 23.6 Å². The number of H-pyrrole nitrogens is 1. The molecule has 36 heavy (non-hydrogen) atoms. The number of benzene rings is 2. The zero-order chi connectivity index (χ0) is 24.9. The van der Waals surface area contributed by atoms with Crippen LogP contribution in [0.15, 0.2) is 53.3 Å². The second kappa shape index (κ2) is 10.9. The second-order valence-electron chi connectivity index (χ2n) is 9.43. The molecule has 2 aromatic carbocycles. The molecule has 1 N–H and O–H groups in total. The summed E-state index contributed by atoms with van der Waals surface area (Å²) in [7, 11) is 0. The van der Waals surface area contributed by atoms with Gasteiger partial charge in [-0.15, -0.1) is 10.2 Å². The standard InChI is InChI=1S/C27H30FN5O3/c28-21-6-8-22(9-7-21)32-14-16-33(17-15-32)25(34)13-12-24-27(35)29-26(31-30-24)20-4-10-23(11-5-20)36-18-19-2-1-3-19/h4-11,19H,1-3,12-18H2,(H,29,31,35). The maximum Gasteiger partial charge on any atom is 0.273 e. The summed E-state index contributed by atoms with van der Waals surface area (Å²) in [6.45, 7) is 3.26. The lowest BCUT2D eigenvalue weighted by atomic mass is 9.86. The Bertz CT molecular complexity index is 1230. The third kappa shape index (κ3) is 5.72. The highest BCUT2D eigenvalue weighted by Gasteiger charge is 2.22. The molecule has 188 valence electrons. The first-order valence-corrected chi connectivity index (χ1v) is 12.5. The highest BCUT2D eigenvalue weighted by atomic mass is 19.1. The number of nitrogens with one attached hydrogen (secondary N) is 1. The van der Waals surface area contributed by atoms with Crippen molar-refractivity contribution in [2.45, 2.75) is 32.1 Å². The highest BCUT2D eigenvalue weighted by Crippen LogP contribution is 2.27. The van der Waals surface area contributed by atoms with E-state index >= 15 is 0 Å². The lowest BCUT2D eigenvalue weighted by Gasteiger charge is -2.36. The van der Waals surface area contributed by atoms with E-state index in [1.165, 1.54) is 31.4 Å². The molecule has 2 aliphatic rings. The van der Waals surface area contributed by atoms with Crippen molar-refractivity contribution < 1.29 is 13.9 Å². The van der Waals surface area contributed by atoms with Gasteiger partial charge in [0.05, 0.1) is 6.61 Å². The summed E-state index contributed by atoms with van der Waals surface area (Å²) in [4.78, 5) is 32.0. The Labute approximate surface area is 209 Å². The molecule has 0 radical (unpaired) electrons. The number of hydrogen-bond acceptors (Lipinski definition) is 6. The van der Waals surface area contributed by atoms with Gasteiger partial charge in [-0.3, -0.25) is 9.59 Å². The van der Waals surface area contributed by atoms with Crippen molar-refractivity contribution >= 4 is 11.6 Å². The van der Waals surface area contributed by atoms with Crippen LogP contribution in [0.1, 0.15) is 31.4 Å². The van der Waals surface area contributed by atoms with Crippen LogP contribution < -0.4 is 15.2 Å². The van der Waals surface area contributed by atoms with Gasteiger partial charge < -0.3 is 19.5 Å². The molecule has 0 atom stereocenters. The van der Waals surface area contributed by atoms with E-state index in [4.69, 9.17) is 4.74 Å². The first-order chi connectivity index (χ1) is 17.5. The molecule has 1 saturated heterocycles. The van der Waals surface area contributed by atoms with Crippen LogP contribution in [0, 0.1) is 11.7 Å². The van der Waals surface area contributed by atoms with E-state index in [-0.39, 0.29) is 35.8 Å². The van der Waals surface area contributed by atoms with E-state index in [1.54, 1.807) is 17.0 Å². The average molecular weight is 492 g/mol. The summed E-state index contributed by atoms with van der Waals surface area (Å²) in [5.74, 6) is 1.57. The van der Waals surface area contributed by atoms with Crippen molar-refractivity contribution in [3.05, 3.63) is 70.4 Å². The molecule has 8 nitrogen and oxygen atoms in total. The van der Waals surface area contributed by atoms with Gasteiger partial charge in [-0.2, -0.15) is 0 Å². The number of aryl methyl sites for hydroxylation is 1. The molecular formula is C27H30FN5O3. The second-order valence-corrected chi connectivity index (χ2v) is 9.43. The van der Waals surface area contributed by atoms with E-state index < -0.39 is 0 Å². The smallest absolute Gasteiger partial charge is 0.273 e. The monoisotopic (exact) mass is 491 g/mol. The number of anilines is 1. The SMILES string of the molecule is O=C(CCc1nnc(-c2ccc(OCC3CCC3)cc2)[nH]c1=O)N1CCN(c2ccc(F)cc2)CC1. The Kier molecular flexibility index (Phi) is 7.25. The molecule has 2 heterocycles. The number of nitrogens with zero attached hydrogens (tertiary/aromatic N) is 4. The molecule has 1 saturated carbocycles. The van der Waals surface area contributed by atoms with Gasteiger partial charge in [-0.25, -0.2) is 4.39 Å². The van der Waals surface area contributed by atoms with Gasteiger partial charge in [-0.1, -0.05) is 6.42 Å². The molecule has 3 aromatic rings. The fourth-order valence-corrected chi connectivity index (χ4v) is 4.49. The fourth-order valence-electron chi connectivity index (χ4n) is 4.49. The van der Waals surface area contributed by atoms with Gasteiger partial charge in [0, 0.05) is 50.3 Å². The van der Waals surface area contributed by atoms with Crippen LogP contribution in [-0.4, -0.2) is 58.8 Å². The number of rotatable bonds is 8. The van der Waals surface area contributed by atoms with Crippen molar-refractivity contribution in [2.24, 2.45) is 5.92 Å². The highest BCUT2D eigenvalue weighted by molar-refractivity contribution is 5.76. The minimum absolute atomic E-state index is 0.0171. The lowest BCUT2D eigenvalue weighted by molar-refractivity contribution is -0.131. The number of carbonyl (C=O) groups is 1. The molecule has 1 aliphatic carbocycles. The van der Waals surface area contributed by atoms with Gasteiger partial charge in [0.1, 0.15) is 17.3 Å². The summed E-state index contributed by atoms with van der Waals surface area (Å²) >= 11 is 0. The summed E-state index contributed by atoms with van der Waals surface area (Å²) < 4.78 is 19.0. The van der Waals surface area contributed by atoms with Gasteiger partial charge in [0.15, 0.2) is 5.82 Å². The number of piperazine rings is 1. The summed E-state index contributed by atoms with van der Waals surface area (Å²) in [6, 6.07) is 13.8. The van der Waals surface area contributed by atoms with Crippen LogP contribution in [-0.2, 0) is 11.2 Å². The van der Waals surface area contributed by atoms with Crippen LogP contribution in [0.2, 0.25) is 0 Å². The summed E-state index contributed by atoms with van der Waals surface area (Å²) in [6.07, 6.45) is 4.19. The zero-order valence-corrected chi connectivity index (χ0v) is 20.2. The van der Waals surface area contributed by atoms with Crippen molar-refractivity contribution in [1.82, 2.24) is 20.1 Å². The maximum absolute atomic E-state index is 13.1. The van der Waals surface area contributed by atoms with E-state index in [2.05, 4.69) is 20.1 Å². The molecule has 1 amide bonds. The predicted octanol–water partition coefficient (Wildman–Crippen LogP) is 3.43. The van der Waals surface area contributed by atoms with Crippen LogP contribution in [0.5, 0.6) is 5.75 Å². The lowest BCUT2D eigenvalue weighted by Crippen LogP contribution is -2.48. The first kappa shape index (κ1) is 24.0. The van der Waals surface area contributed by atoms with Gasteiger partial charge in [0.2, 0.25) is 5.91 Å². The Morgan fingerprint density at radius 1 is 1.00 bits per heavy atom. The number of aromatic amines is 1. The Morgan fingerprint density at radius 2 is 1.72 bits per heavy atom. The van der Waals surface area contributed by atoms with Crippen molar-refractivity contribution in [3.63, 3.8) is 0 Å². The Hall–Kier alpha value is -3.75. The van der Waals surface area contributed by atoms with Gasteiger partial charge in [0.25, 0.3) is 5.56 Å². The van der Waals surface area contributed by atoms with E-state index in [0.29, 0.717) is 37.9 Å². The molecule has 0 unspecified atom stereocenters. The first-order valence-electron chi connectivity index (χ1n) is 12.5. The molecule has 1 aliphatic heterocycles. The minimum Gasteiger partial charge on any atom is -0.493 e. The third-order valence-electron chi connectivity index (χ3n) is 7.00. The predicted molar refractivity (Wildman–Crippen MR) is 134 cm³/mol. The normalized spacial score (nSPS) is 16.0. The molecule has 1 aromatic heterocycles. The summed E-state index contributed by atoms with van der Waals surface area (Å²) in [5, 5.41) is 8.27. The Morgan fingerprint density at radius 3 is 2.36 bits per heavy atom. The number of hydrogen-bond donors (Lipinski definition) is 1. The number of carbonyl (C=O) groups excluding carboxylic acids is 1. The quantitative estimate of drug-likeness (QED) is 0.519. The molecule has 0 bridgehead atoms. The number of ether oxygens (including phenoxy) is 1. The maximum atomic E-state index is 13.1. The van der Waals surface area contributed by atoms with Gasteiger partial charge >= 0.3 is 0 Å². The Balaban J connectivity index is 1.11. The van der Waals surface area contributed by atoms with Crippen LogP contribution in [0.4, 0.5) is 10.1 Å². The fraction of sp³-hybridized carbons (Fsp3) is 0.407. The zero-order valence-electron chi connectivity index (χ0n) is 20.2. The average Bonchev–Trinajstić information content (AvgIpc) is 2.88. The van der Waals surface area contributed by atoms with Crippen molar-refractivity contribution in [1.29, 1.82) is 0 Å². The van der Waals surface area contributed by atoms with Crippen LogP contribution in [0.25, 0.3) is 11.4 Å². The molecular weight excluding hydrogens is 461 g/mol. The van der Waals surface area contributed by atoms with Crippen molar-refractivity contribution in [3.8, 4) is 17.1 Å². The van der Waals surface area contributed by atoms with E-state index in [1.807, 2.05) is 24.3 Å². The largest absolute Gasteiger partial charge is 0.493 e.